The summed E-state index contributed by atoms with van der Waals surface area (Å²) in [6, 6.07) is 0. The number of fused-ring (bicyclic) bond motifs is 3. The molecule has 1 N–H and O–H groups in total. The van der Waals surface area contributed by atoms with Gasteiger partial charge in [-0.25, -0.2) is 0 Å². The van der Waals surface area contributed by atoms with Crippen molar-refractivity contribution in [1.29, 1.82) is 0 Å². The van der Waals surface area contributed by atoms with Crippen LogP contribution in [-0.2, 0) is 22.6 Å². The molecule has 1 saturated carbocycles. The molecule has 1 saturated heterocycles. The van der Waals surface area contributed by atoms with Gasteiger partial charge < -0.3 is 10.2 Å². The van der Waals surface area contributed by atoms with E-state index in [1.807, 2.05) is 4.68 Å². The highest BCUT2D eigenvalue weighted by atomic mass is 16.2. The fourth-order valence-electron chi connectivity index (χ4n) is 4.35. The Kier molecular flexibility index (Phi) is 4.06. The molecule has 2 aliphatic carbocycles. The van der Waals surface area contributed by atoms with E-state index in [4.69, 9.17) is 5.10 Å². The average Bonchev–Trinajstić information content (AvgIpc) is 3.07. The molecule has 6 nitrogen and oxygen atoms in total. The maximum absolute atomic E-state index is 12.6. The molecule has 3 aliphatic rings. The minimum absolute atomic E-state index is 0.00655. The Morgan fingerprint density at radius 1 is 1.29 bits per heavy atom. The van der Waals surface area contributed by atoms with E-state index in [0.29, 0.717) is 36.8 Å². The molecule has 0 unspecified atom stereocenters. The second kappa shape index (κ2) is 6.22. The lowest BCUT2D eigenvalue weighted by Gasteiger charge is -2.29. The predicted molar refractivity (Wildman–Crippen MR) is 89.4 cm³/mol. The molecule has 0 aromatic carbocycles. The zero-order valence-electron chi connectivity index (χ0n) is 14.3. The standard InChI is InChI=1S/C18H26N4O2/c1-12(23)19-7-8-22-10-15-6-5-14-9-21(11-16(14)17(15)20-22)18(24)13-3-2-4-13/h10,13-14,16H,2-9,11H2,1H3,(H,19,23)/t14-,16+/m1/s1. The number of hydrogen-bond acceptors (Lipinski definition) is 3. The van der Waals surface area contributed by atoms with E-state index in [1.165, 1.54) is 24.6 Å². The van der Waals surface area contributed by atoms with E-state index in [0.717, 1.165) is 38.8 Å². The van der Waals surface area contributed by atoms with Crippen LogP contribution in [0.3, 0.4) is 0 Å². The van der Waals surface area contributed by atoms with Crippen LogP contribution >= 0.6 is 0 Å². The van der Waals surface area contributed by atoms with Gasteiger partial charge in [-0.2, -0.15) is 5.10 Å². The summed E-state index contributed by atoms with van der Waals surface area (Å²) >= 11 is 0. The van der Waals surface area contributed by atoms with Crippen molar-refractivity contribution < 1.29 is 9.59 Å². The van der Waals surface area contributed by atoms with Gasteiger partial charge in [0.1, 0.15) is 0 Å². The molecule has 6 heteroatoms. The number of likely N-dealkylation sites (tertiary alicyclic amines) is 1. The van der Waals surface area contributed by atoms with Crippen molar-refractivity contribution in [3.05, 3.63) is 17.5 Å². The van der Waals surface area contributed by atoms with Gasteiger partial charge in [0.2, 0.25) is 11.8 Å². The summed E-state index contributed by atoms with van der Waals surface area (Å²) in [6.45, 7) is 4.60. The Labute approximate surface area is 142 Å². The third-order valence-electron chi connectivity index (χ3n) is 5.93. The molecule has 2 atom stereocenters. The van der Waals surface area contributed by atoms with Crippen molar-refractivity contribution in [2.45, 2.75) is 51.5 Å². The van der Waals surface area contributed by atoms with Crippen molar-refractivity contribution in [2.24, 2.45) is 11.8 Å². The maximum atomic E-state index is 12.6. The third-order valence-corrected chi connectivity index (χ3v) is 5.93. The molecule has 4 rings (SSSR count). The summed E-state index contributed by atoms with van der Waals surface area (Å²) in [5, 5.41) is 7.61. The first-order valence-corrected chi connectivity index (χ1v) is 9.21. The molecule has 2 fully saturated rings. The molecule has 0 bridgehead atoms. The minimum Gasteiger partial charge on any atom is -0.354 e. The van der Waals surface area contributed by atoms with Crippen LogP contribution in [0.2, 0.25) is 0 Å². The number of carbonyl (C=O) groups is 2. The Morgan fingerprint density at radius 2 is 2.12 bits per heavy atom. The van der Waals surface area contributed by atoms with Crippen molar-refractivity contribution in [3.63, 3.8) is 0 Å². The summed E-state index contributed by atoms with van der Waals surface area (Å²) in [5.41, 5.74) is 2.52. The second-order valence-corrected chi connectivity index (χ2v) is 7.56. The highest BCUT2D eigenvalue weighted by molar-refractivity contribution is 5.80. The minimum atomic E-state index is -0.00655. The fourth-order valence-corrected chi connectivity index (χ4v) is 4.35. The van der Waals surface area contributed by atoms with Gasteiger partial charge >= 0.3 is 0 Å². The van der Waals surface area contributed by atoms with Gasteiger partial charge in [-0.1, -0.05) is 6.42 Å². The molecule has 2 heterocycles. The van der Waals surface area contributed by atoms with Crippen molar-refractivity contribution in [1.82, 2.24) is 20.0 Å². The summed E-state index contributed by atoms with van der Waals surface area (Å²) in [7, 11) is 0. The number of aryl methyl sites for hydroxylation is 1. The Bertz CT molecular complexity index is 649. The topological polar surface area (TPSA) is 67.2 Å². The molecular weight excluding hydrogens is 304 g/mol. The number of amides is 2. The van der Waals surface area contributed by atoms with E-state index in [2.05, 4.69) is 16.4 Å². The summed E-state index contributed by atoms with van der Waals surface area (Å²) < 4.78 is 1.96. The smallest absolute Gasteiger partial charge is 0.225 e. The Morgan fingerprint density at radius 3 is 2.83 bits per heavy atom. The van der Waals surface area contributed by atoms with Crippen LogP contribution in [0.1, 0.15) is 49.8 Å². The number of carbonyl (C=O) groups excluding carboxylic acids is 2. The van der Waals surface area contributed by atoms with E-state index in [-0.39, 0.29) is 5.91 Å². The normalized spacial score (nSPS) is 25.8. The highest BCUT2D eigenvalue weighted by Crippen LogP contribution is 2.42. The van der Waals surface area contributed by atoms with E-state index in [1.54, 1.807) is 0 Å². The summed E-state index contributed by atoms with van der Waals surface area (Å²) in [6.07, 6.45) is 7.71. The van der Waals surface area contributed by atoms with Gasteiger partial charge in [-0.15, -0.1) is 0 Å². The Hall–Kier alpha value is -1.85. The SMILES string of the molecule is CC(=O)NCCn1cc2c(n1)[C@H]1CN(C(=O)C3CCC3)C[C@H]1CC2. The monoisotopic (exact) mass is 330 g/mol. The lowest BCUT2D eigenvalue weighted by Crippen LogP contribution is -2.37. The van der Waals surface area contributed by atoms with Gasteiger partial charge in [-0.3, -0.25) is 14.3 Å². The van der Waals surface area contributed by atoms with Gasteiger partial charge in [0.15, 0.2) is 0 Å². The number of aromatic nitrogens is 2. The van der Waals surface area contributed by atoms with E-state index in [9.17, 15) is 9.59 Å². The van der Waals surface area contributed by atoms with Crippen LogP contribution in [0.25, 0.3) is 0 Å². The molecule has 0 radical (unpaired) electrons. The first kappa shape index (κ1) is 15.7. The van der Waals surface area contributed by atoms with E-state index < -0.39 is 0 Å². The summed E-state index contributed by atoms with van der Waals surface area (Å²) in [5.74, 6) is 1.63. The maximum Gasteiger partial charge on any atom is 0.225 e. The molecule has 130 valence electrons. The lowest BCUT2D eigenvalue weighted by atomic mass is 9.81. The van der Waals surface area contributed by atoms with Crippen molar-refractivity contribution in [3.8, 4) is 0 Å². The number of rotatable bonds is 4. The molecule has 2 amide bonds. The van der Waals surface area contributed by atoms with Crippen LogP contribution in [-0.4, -0.2) is 46.1 Å². The van der Waals surface area contributed by atoms with Crippen LogP contribution in [0.5, 0.6) is 0 Å². The predicted octanol–water partition coefficient (Wildman–Crippen LogP) is 1.31. The van der Waals surface area contributed by atoms with Crippen LogP contribution in [0, 0.1) is 11.8 Å². The average molecular weight is 330 g/mol. The van der Waals surface area contributed by atoms with Crippen LogP contribution in [0.4, 0.5) is 0 Å². The first-order chi connectivity index (χ1) is 11.6. The fraction of sp³-hybridized carbons (Fsp3) is 0.722. The quantitative estimate of drug-likeness (QED) is 0.905. The lowest BCUT2D eigenvalue weighted by molar-refractivity contribution is -0.137. The third kappa shape index (κ3) is 2.82. The highest BCUT2D eigenvalue weighted by Gasteiger charge is 2.42. The Balaban J connectivity index is 1.43. The summed E-state index contributed by atoms with van der Waals surface area (Å²) in [4.78, 5) is 25.6. The van der Waals surface area contributed by atoms with Crippen LogP contribution < -0.4 is 5.32 Å². The largest absolute Gasteiger partial charge is 0.354 e. The molecule has 0 spiro atoms. The second-order valence-electron chi connectivity index (χ2n) is 7.56. The number of nitrogens with one attached hydrogen (secondary N) is 1. The molecular formula is C18H26N4O2. The van der Waals surface area contributed by atoms with Crippen LogP contribution in [0.15, 0.2) is 6.20 Å². The molecule has 1 aromatic rings. The number of hydrogen-bond donors (Lipinski definition) is 1. The van der Waals surface area contributed by atoms with Gasteiger partial charge in [0.05, 0.1) is 12.2 Å². The van der Waals surface area contributed by atoms with E-state index >= 15 is 0 Å². The molecule has 1 aromatic heterocycles. The molecule has 24 heavy (non-hydrogen) atoms. The molecule has 1 aliphatic heterocycles. The zero-order valence-corrected chi connectivity index (χ0v) is 14.3. The van der Waals surface area contributed by atoms with Gasteiger partial charge in [-0.05, 0) is 37.2 Å². The number of nitrogens with zero attached hydrogens (tertiary/aromatic N) is 3. The van der Waals surface area contributed by atoms with Gasteiger partial charge in [0.25, 0.3) is 0 Å². The van der Waals surface area contributed by atoms with Crippen molar-refractivity contribution >= 4 is 11.8 Å². The van der Waals surface area contributed by atoms with Crippen molar-refractivity contribution in [2.75, 3.05) is 19.6 Å². The van der Waals surface area contributed by atoms with Gasteiger partial charge in [0, 0.05) is 44.6 Å². The zero-order chi connectivity index (χ0) is 16.7. The first-order valence-electron chi connectivity index (χ1n) is 9.21.